The second kappa shape index (κ2) is 7.75. The molecule has 1 nitrogen and oxygen atoms in total. The molecule has 0 atom stereocenters. The molecule has 0 saturated carbocycles. The minimum Gasteiger partial charge on any atom is -0.256 e. The Bertz CT molecular complexity index is 762. The van der Waals surface area contributed by atoms with Crippen LogP contribution in [0.1, 0.15) is 23.2 Å². The average Bonchev–Trinajstić information content (AvgIpc) is 2.61. The molecule has 0 N–H and O–H groups in total. The fourth-order valence-electron chi connectivity index (χ4n) is 2.55. The number of aromatic nitrogens is 1. The number of rotatable bonds is 5. The Morgan fingerprint density at radius 3 is 2.30 bits per heavy atom. The molecule has 0 saturated heterocycles. The lowest BCUT2D eigenvalue weighted by Gasteiger charge is -2.08. The molecule has 0 aliphatic carbocycles. The summed E-state index contributed by atoms with van der Waals surface area (Å²) in [7, 11) is 0. The second-order valence-corrected chi connectivity index (χ2v) is 5.80. The summed E-state index contributed by atoms with van der Waals surface area (Å²) >= 11 is 6.01. The molecule has 3 aromatic rings. The van der Waals surface area contributed by atoms with Crippen LogP contribution < -0.4 is 0 Å². The van der Waals surface area contributed by atoms with Crippen molar-refractivity contribution >= 4 is 17.2 Å². The molecule has 23 heavy (non-hydrogen) atoms. The molecule has 114 valence electrons. The Kier molecular flexibility index (Phi) is 5.23. The number of allylic oxidation sites excluding steroid dienone is 1. The summed E-state index contributed by atoms with van der Waals surface area (Å²) in [6.07, 6.45) is 6.08. The SMILES string of the molecule is Clc1ccc(/C(=C\CCc2ccccc2)c2ccccn2)cc1. The van der Waals surface area contributed by atoms with Gasteiger partial charge < -0.3 is 0 Å². The van der Waals surface area contributed by atoms with Gasteiger partial charge in [0, 0.05) is 16.8 Å². The third-order valence-electron chi connectivity index (χ3n) is 3.72. The van der Waals surface area contributed by atoms with Gasteiger partial charge in [-0.3, -0.25) is 4.98 Å². The van der Waals surface area contributed by atoms with Gasteiger partial charge in [-0.1, -0.05) is 66.2 Å². The van der Waals surface area contributed by atoms with Gasteiger partial charge in [0.25, 0.3) is 0 Å². The quantitative estimate of drug-likeness (QED) is 0.579. The van der Waals surface area contributed by atoms with Crippen LogP contribution in [0.4, 0.5) is 0 Å². The first-order chi connectivity index (χ1) is 11.3. The van der Waals surface area contributed by atoms with Gasteiger partial charge >= 0.3 is 0 Å². The van der Waals surface area contributed by atoms with Crippen molar-refractivity contribution in [2.24, 2.45) is 0 Å². The standard InChI is InChI=1S/C21H18ClN/c22-19-14-12-18(13-15-19)20(21-11-4-5-16-23-21)10-6-9-17-7-2-1-3-8-17/h1-5,7-8,10-16H,6,9H2/b20-10+. The summed E-state index contributed by atoms with van der Waals surface area (Å²) in [5.74, 6) is 0. The smallest absolute Gasteiger partial charge is 0.0704 e. The summed E-state index contributed by atoms with van der Waals surface area (Å²) in [4.78, 5) is 4.50. The van der Waals surface area contributed by atoms with Crippen molar-refractivity contribution in [3.8, 4) is 0 Å². The molecule has 0 aliphatic heterocycles. The first kappa shape index (κ1) is 15.5. The largest absolute Gasteiger partial charge is 0.256 e. The van der Waals surface area contributed by atoms with Crippen molar-refractivity contribution in [3.05, 3.63) is 107 Å². The van der Waals surface area contributed by atoms with E-state index < -0.39 is 0 Å². The van der Waals surface area contributed by atoms with Crippen molar-refractivity contribution in [2.75, 3.05) is 0 Å². The van der Waals surface area contributed by atoms with Crippen molar-refractivity contribution in [3.63, 3.8) is 0 Å². The summed E-state index contributed by atoms with van der Waals surface area (Å²) in [5.41, 5.74) is 4.63. The minimum absolute atomic E-state index is 0.749. The summed E-state index contributed by atoms with van der Waals surface area (Å²) < 4.78 is 0. The molecule has 0 amide bonds. The van der Waals surface area contributed by atoms with E-state index in [1.165, 1.54) is 5.56 Å². The summed E-state index contributed by atoms with van der Waals surface area (Å²) in [5, 5.41) is 0.749. The lowest BCUT2D eigenvalue weighted by atomic mass is 9.99. The fraction of sp³-hybridized carbons (Fsp3) is 0.0952. The minimum atomic E-state index is 0.749. The van der Waals surface area contributed by atoms with Crippen LogP contribution >= 0.6 is 11.6 Å². The summed E-state index contributed by atoms with van der Waals surface area (Å²) in [6, 6.07) is 24.5. The molecule has 0 bridgehead atoms. The van der Waals surface area contributed by atoms with Gasteiger partial charge in [-0.2, -0.15) is 0 Å². The maximum atomic E-state index is 6.01. The third kappa shape index (κ3) is 4.30. The van der Waals surface area contributed by atoms with Crippen molar-refractivity contribution in [1.29, 1.82) is 0 Å². The molecular formula is C21H18ClN. The van der Waals surface area contributed by atoms with E-state index >= 15 is 0 Å². The van der Waals surface area contributed by atoms with Crippen LogP contribution in [-0.4, -0.2) is 4.98 Å². The number of benzene rings is 2. The van der Waals surface area contributed by atoms with Gasteiger partial charge in [-0.05, 0) is 48.2 Å². The van der Waals surface area contributed by atoms with E-state index in [4.69, 9.17) is 11.6 Å². The van der Waals surface area contributed by atoms with Crippen LogP contribution in [0.2, 0.25) is 5.02 Å². The van der Waals surface area contributed by atoms with E-state index in [2.05, 4.69) is 35.3 Å². The van der Waals surface area contributed by atoms with Crippen LogP contribution in [0.15, 0.2) is 85.1 Å². The molecule has 0 fully saturated rings. The highest BCUT2D eigenvalue weighted by Crippen LogP contribution is 2.24. The number of nitrogens with zero attached hydrogens (tertiary/aromatic N) is 1. The van der Waals surface area contributed by atoms with Crippen molar-refractivity contribution in [1.82, 2.24) is 4.98 Å². The highest BCUT2D eigenvalue weighted by molar-refractivity contribution is 6.30. The second-order valence-electron chi connectivity index (χ2n) is 5.36. The van der Waals surface area contributed by atoms with Crippen LogP contribution in [-0.2, 0) is 6.42 Å². The van der Waals surface area contributed by atoms with Crippen LogP contribution in [0.3, 0.4) is 0 Å². The normalized spacial score (nSPS) is 11.4. The zero-order valence-electron chi connectivity index (χ0n) is 12.8. The Morgan fingerprint density at radius 1 is 0.870 bits per heavy atom. The number of halogens is 1. The first-order valence-electron chi connectivity index (χ1n) is 7.74. The molecule has 3 rings (SSSR count). The number of hydrogen-bond acceptors (Lipinski definition) is 1. The fourth-order valence-corrected chi connectivity index (χ4v) is 2.68. The van der Waals surface area contributed by atoms with E-state index in [0.29, 0.717) is 0 Å². The number of hydrogen-bond donors (Lipinski definition) is 0. The van der Waals surface area contributed by atoms with Gasteiger partial charge in [0.15, 0.2) is 0 Å². The third-order valence-corrected chi connectivity index (χ3v) is 3.97. The van der Waals surface area contributed by atoms with Gasteiger partial charge in [0.1, 0.15) is 0 Å². The monoisotopic (exact) mass is 319 g/mol. The Labute approximate surface area is 142 Å². The maximum absolute atomic E-state index is 6.01. The van der Waals surface area contributed by atoms with E-state index in [-0.39, 0.29) is 0 Å². The molecule has 1 aromatic heterocycles. The highest BCUT2D eigenvalue weighted by Gasteiger charge is 2.06. The molecule has 1 heterocycles. The lowest BCUT2D eigenvalue weighted by Crippen LogP contribution is -1.92. The van der Waals surface area contributed by atoms with Gasteiger partial charge in [-0.25, -0.2) is 0 Å². The zero-order valence-corrected chi connectivity index (χ0v) is 13.6. The number of aryl methyl sites for hydroxylation is 1. The van der Waals surface area contributed by atoms with E-state index in [9.17, 15) is 0 Å². The van der Waals surface area contributed by atoms with E-state index in [1.54, 1.807) is 0 Å². The molecule has 2 aromatic carbocycles. The average molecular weight is 320 g/mol. The molecule has 0 spiro atoms. The van der Waals surface area contributed by atoms with Crippen LogP contribution in [0.25, 0.3) is 5.57 Å². The molecule has 2 heteroatoms. The molecular weight excluding hydrogens is 302 g/mol. The Morgan fingerprint density at radius 2 is 1.61 bits per heavy atom. The van der Waals surface area contributed by atoms with Crippen LogP contribution in [0, 0.1) is 0 Å². The molecule has 0 aliphatic rings. The number of pyridine rings is 1. The Hall–Kier alpha value is -2.38. The molecule has 0 unspecified atom stereocenters. The topological polar surface area (TPSA) is 12.9 Å². The highest BCUT2D eigenvalue weighted by atomic mass is 35.5. The molecule has 0 radical (unpaired) electrons. The van der Waals surface area contributed by atoms with Gasteiger partial charge in [0.05, 0.1) is 5.69 Å². The van der Waals surface area contributed by atoms with Gasteiger partial charge in [-0.15, -0.1) is 0 Å². The zero-order chi connectivity index (χ0) is 15.9. The van der Waals surface area contributed by atoms with E-state index in [1.807, 2.05) is 54.7 Å². The van der Waals surface area contributed by atoms with E-state index in [0.717, 1.165) is 34.7 Å². The van der Waals surface area contributed by atoms with Crippen LogP contribution in [0.5, 0.6) is 0 Å². The van der Waals surface area contributed by atoms with Crippen molar-refractivity contribution in [2.45, 2.75) is 12.8 Å². The Balaban J connectivity index is 1.86. The predicted octanol–water partition coefficient (Wildman–Crippen LogP) is 5.80. The van der Waals surface area contributed by atoms with Gasteiger partial charge in [0.2, 0.25) is 0 Å². The summed E-state index contributed by atoms with van der Waals surface area (Å²) in [6.45, 7) is 0. The van der Waals surface area contributed by atoms with Crippen molar-refractivity contribution < 1.29 is 0 Å². The predicted molar refractivity (Wildman–Crippen MR) is 97.5 cm³/mol. The first-order valence-corrected chi connectivity index (χ1v) is 8.12. The lowest BCUT2D eigenvalue weighted by molar-refractivity contribution is 1.00. The maximum Gasteiger partial charge on any atom is 0.0704 e.